The Kier molecular flexibility index (Phi) is 7.37. The molecule has 1 saturated heterocycles. The number of alkyl carbamates (subject to hydrolysis) is 1. The summed E-state index contributed by atoms with van der Waals surface area (Å²) in [6.45, 7) is 1.31. The molecule has 0 aliphatic carbocycles. The topological polar surface area (TPSA) is 72.3 Å². The van der Waals surface area contributed by atoms with Gasteiger partial charge in [0.1, 0.15) is 0 Å². The lowest BCUT2D eigenvalue weighted by molar-refractivity contribution is -0.160. The summed E-state index contributed by atoms with van der Waals surface area (Å²) in [4.78, 5) is 13.6. The van der Waals surface area contributed by atoms with Gasteiger partial charge in [-0.1, -0.05) is 30.0 Å². The summed E-state index contributed by atoms with van der Waals surface area (Å²) < 4.78 is 42.2. The van der Waals surface area contributed by atoms with Crippen LogP contribution in [0.4, 0.5) is 18.0 Å². The number of carbonyl (C=O) groups excluding carboxylic acids is 1. The zero-order valence-corrected chi connectivity index (χ0v) is 16.5. The van der Waals surface area contributed by atoms with E-state index in [4.69, 9.17) is 0 Å². The number of nitrogens with one attached hydrogen (secondary N) is 1. The van der Waals surface area contributed by atoms with Crippen molar-refractivity contribution in [2.24, 2.45) is 0 Å². The third-order valence-electron chi connectivity index (χ3n) is 4.25. The molecule has 1 aliphatic rings. The van der Waals surface area contributed by atoms with Gasteiger partial charge in [-0.3, -0.25) is 9.47 Å². The molecular weight excluding hydrogens is 407 g/mol. The molecule has 1 aliphatic heterocycles. The van der Waals surface area contributed by atoms with Gasteiger partial charge in [-0.2, -0.15) is 13.2 Å². The Morgan fingerprint density at radius 2 is 1.90 bits per heavy atom. The minimum Gasteiger partial charge on any atom is -0.440 e. The number of alkyl halides is 3. The molecule has 1 aromatic heterocycles. The van der Waals surface area contributed by atoms with E-state index in [9.17, 15) is 18.0 Å². The fourth-order valence-corrected chi connectivity index (χ4v) is 3.79. The molecule has 1 aromatic carbocycles. The SMILES string of the molecule is O=C(NCCSc1nnc(CN2CCCC2)n1-c1ccccc1)OCC(F)(F)F. The third-order valence-corrected chi connectivity index (χ3v) is 5.18. The zero-order valence-electron chi connectivity index (χ0n) is 15.7. The molecule has 0 atom stereocenters. The summed E-state index contributed by atoms with van der Waals surface area (Å²) in [6, 6.07) is 9.72. The number of rotatable bonds is 8. The van der Waals surface area contributed by atoms with Crippen molar-refractivity contribution in [3.63, 3.8) is 0 Å². The Morgan fingerprint density at radius 3 is 2.59 bits per heavy atom. The number of hydrogen-bond acceptors (Lipinski definition) is 6. The van der Waals surface area contributed by atoms with Crippen molar-refractivity contribution in [2.75, 3.05) is 32.0 Å². The number of aromatic nitrogens is 3. The first-order chi connectivity index (χ1) is 13.9. The first kappa shape index (κ1) is 21.4. The van der Waals surface area contributed by atoms with Crippen molar-refractivity contribution in [3.8, 4) is 5.69 Å². The van der Waals surface area contributed by atoms with Gasteiger partial charge in [0.25, 0.3) is 0 Å². The van der Waals surface area contributed by atoms with E-state index in [1.165, 1.54) is 24.6 Å². The van der Waals surface area contributed by atoms with Crippen LogP contribution < -0.4 is 5.32 Å². The average Bonchev–Trinajstić information content (AvgIpc) is 3.34. The van der Waals surface area contributed by atoms with Crippen molar-refractivity contribution in [1.82, 2.24) is 25.0 Å². The molecule has 1 N–H and O–H groups in total. The van der Waals surface area contributed by atoms with Gasteiger partial charge in [0.15, 0.2) is 17.6 Å². The number of ether oxygens (including phenoxy) is 1. The van der Waals surface area contributed by atoms with E-state index in [-0.39, 0.29) is 6.54 Å². The summed E-state index contributed by atoms with van der Waals surface area (Å²) in [5, 5.41) is 11.6. The molecule has 0 spiro atoms. The van der Waals surface area contributed by atoms with Crippen LogP contribution in [0, 0.1) is 0 Å². The second-order valence-electron chi connectivity index (χ2n) is 6.52. The van der Waals surface area contributed by atoms with E-state index in [1.807, 2.05) is 34.9 Å². The Hall–Kier alpha value is -2.27. The van der Waals surface area contributed by atoms with E-state index < -0.39 is 18.9 Å². The maximum Gasteiger partial charge on any atom is 0.422 e. The Labute approximate surface area is 170 Å². The first-order valence-corrected chi connectivity index (χ1v) is 10.2. The highest BCUT2D eigenvalue weighted by Gasteiger charge is 2.29. The number of likely N-dealkylation sites (tertiary alicyclic amines) is 1. The van der Waals surface area contributed by atoms with Crippen LogP contribution in [0.15, 0.2) is 35.5 Å². The highest BCUT2D eigenvalue weighted by Crippen LogP contribution is 2.23. The van der Waals surface area contributed by atoms with Crippen LogP contribution in [0.3, 0.4) is 0 Å². The fraction of sp³-hybridized carbons (Fsp3) is 0.500. The highest BCUT2D eigenvalue weighted by molar-refractivity contribution is 7.99. The van der Waals surface area contributed by atoms with Gasteiger partial charge in [0.05, 0.1) is 6.54 Å². The molecule has 1 amide bonds. The van der Waals surface area contributed by atoms with E-state index >= 15 is 0 Å². The summed E-state index contributed by atoms with van der Waals surface area (Å²) in [5.41, 5.74) is 0.937. The van der Waals surface area contributed by atoms with Crippen molar-refractivity contribution in [3.05, 3.63) is 36.2 Å². The molecule has 2 aromatic rings. The quantitative estimate of drug-likeness (QED) is 0.513. The lowest BCUT2D eigenvalue weighted by Gasteiger charge is -2.16. The molecule has 11 heteroatoms. The standard InChI is InChI=1S/C18H22F3N5O2S/c19-18(20,21)13-28-17(27)22-8-11-29-16-24-23-15(12-25-9-4-5-10-25)26(16)14-6-2-1-3-7-14/h1-3,6-7H,4-5,8-13H2,(H,22,27). The molecule has 158 valence electrons. The van der Waals surface area contributed by atoms with Crippen molar-refractivity contribution in [2.45, 2.75) is 30.7 Å². The van der Waals surface area contributed by atoms with Gasteiger partial charge in [-0.15, -0.1) is 10.2 Å². The Bertz CT molecular complexity index is 795. The predicted molar refractivity (Wildman–Crippen MR) is 102 cm³/mol. The van der Waals surface area contributed by atoms with Crippen LogP contribution >= 0.6 is 11.8 Å². The lowest BCUT2D eigenvalue weighted by atomic mass is 10.3. The maximum atomic E-state index is 12.0. The van der Waals surface area contributed by atoms with Crippen LogP contribution in [0.1, 0.15) is 18.7 Å². The Balaban J connectivity index is 1.58. The molecule has 2 heterocycles. The Morgan fingerprint density at radius 1 is 1.17 bits per heavy atom. The monoisotopic (exact) mass is 429 g/mol. The van der Waals surface area contributed by atoms with Gasteiger partial charge in [0.2, 0.25) is 0 Å². The van der Waals surface area contributed by atoms with Crippen molar-refractivity contribution < 1.29 is 22.7 Å². The maximum absolute atomic E-state index is 12.0. The second-order valence-corrected chi connectivity index (χ2v) is 7.58. The summed E-state index contributed by atoms with van der Waals surface area (Å²) in [5.74, 6) is 1.24. The number of carbonyl (C=O) groups is 1. The smallest absolute Gasteiger partial charge is 0.422 e. The summed E-state index contributed by atoms with van der Waals surface area (Å²) >= 11 is 1.36. The van der Waals surface area contributed by atoms with Gasteiger partial charge in [-0.25, -0.2) is 4.79 Å². The van der Waals surface area contributed by atoms with Crippen LogP contribution in [0.5, 0.6) is 0 Å². The van der Waals surface area contributed by atoms with Crippen molar-refractivity contribution in [1.29, 1.82) is 0 Å². The average molecular weight is 429 g/mol. The minimum atomic E-state index is -4.54. The van der Waals surface area contributed by atoms with Crippen molar-refractivity contribution >= 4 is 17.9 Å². The van der Waals surface area contributed by atoms with Gasteiger partial charge in [-0.05, 0) is 38.1 Å². The van der Waals surface area contributed by atoms with E-state index in [1.54, 1.807) is 0 Å². The van der Waals surface area contributed by atoms with Gasteiger partial charge < -0.3 is 10.1 Å². The van der Waals surface area contributed by atoms with E-state index in [0.717, 1.165) is 24.6 Å². The van der Waals surface area contributed by atoms with Crippen LogP contribution in [0.2, 0.25) is 0 Å². The molecule has 0 radical (unpaired) electrons. The third kappa shape index (κ3) is 6.64. The molecule has 3 rings (SSSR count). The number of thioether (sulfide) groups is 1. The van der Waals surface area contributed by atoms with Crippen LogP contribution in [-0.2, 0) is 11.3 Å². The molecule has 0 saturated carbocycles. The number of halogens is 3. The molecule has 0 unspecified atom stereocenters. The molecular formula is C18H22F3N5O2S. The second kappa shape index (κ2) is 9.97. The van der Waals surface area contributed by atoms with Gasteiger partial charge in [0, 0.05) is 18.0 Å². The summed E-state index contributed by atoms with van der Waals surface area (Å²) in [6.07, 6.45) is -3.28. The lowest BCUT2D eigenvalue weighted by Crippen LogP contribution is -2.30. The minimum absolute atomic E-state index is 0.143. The molecule has 29 heavy (non-hydrogen) atoms. The molecule has 7 nitrogen and oxygen atoms in total. The predicted octanol–water partition coefficient (Wildman–Crippen LogP) is 3.24. The molecule has 1 fully saturated rings. The van der Waals surface area contributed by atoms with Crippen LogP contribution in [0.25, 0.3) is 5.69 Å². The number of benzene rings is 1. The van der Waals surface area contributed by atoms with E-state index in [0.29, 0.717) is 17.5 Å². The number of amides is 1. The van der Waals surface area contributed by atoms with Gasteiger partial charge >= 0.3 is 12.3 Å². The largest absolute Gasteiger partial charge is 0.440 e. The fourth-order valence-electron chi connectivity index (χ4n) is 2.97. The van der Waals surface area contributed by atoms with Crippen LogP contribution in [-0.4, -0.2) is 63.9 Å². The normalized spacial score (nSPS) is 14.9. The highest BCUT2D eigenvalue weighted by atomic mass is 32.2. The number of hydrogen-bond donors (Lipinski definition) is 1. The van der Waals surface area contributed by atoms with E-state index in [2.05, 4.69) is 25.2 Å². The first-order valence-electron chi connectivity index (χ1n) is 9.24. The summed E-state index contributed by atoms with van der Waals surface area (Å²) in [7, 11) is 0. The number of nitrogens with zero attached hydrogens (tertiary/aromatic N) is 4. The number of para-hydroxylation sites is 1. The molecule has 0 bridgehead atoms. The zero-order chi connectivity index (χ0) is 20.7.